The van der Waals surface area contributed by atoms with Gasteiger partial charge in [0, 0.05) is 0 Å². The van der Waals surface area contributed by atoms with Crippen LogP contribution in [0, 0.1) is 28.6 Å². The fourth-order valence-electron chi connectivity index (χ4n) is 1.05. The molecule has 0 saturated heterocycles. The maximum absolute atomic E-state index is 13.1. The Labute approximate surface area is 80.2 Å². The zero-order chi connectivity index (χ0) is 10.3. The van der Waals surface area contributed by atoms with Crippen molar-refractivity contribution in [3.8, 4) is 12.1 Å². The summed E-state index contributed by atoms with van der Waals surface area (Å²) in [5.41, 5.74) is 0. The first-order valence-electron chi connectivity index (χ1n) is 4.48. The summed E-state index contributed by atoms with van der Waals surface area (Å²) in [7, 11) is -2.42. The summed E-state index contributed by atoms with van der Waals surface area (Å²) in [5, 5.41) is 16.9. The molecule has 0 bridgehead atoms. The fraction of sp³-hybridized carbons (Fsp3) is 0.778. The topological polar surface area (TPSA) is 47.6 Å². The fourth-order valence-corrected chi connectivity index (χ4v) is 2.14. The van der Waals surface area contributed by atoms with Crippen LogP contribution >= 0.6 is 0 Å². The summed E-state index contributed by atoms with van der Waals surface area (Å²) in [5.74, 6) is -0.510. The summed E-state index contributed by atoms with van der Waals surface area (Å²) in [6.07, 6.45) is 2.17. The second-order valence-corrected chi connectivity index (χ2v) is 7.71. The van der Waals surface area contributed by atoms with Gasteiger partial charge in [0.25, 0.3) is 0 Å². The van der Waals surface area contributed by atoms with Gasteiger partial charge in [0.05, 0.1) is 12.1 Å². The normalized spacial score (nSPS) is 10.9. The summed E-state index contributed by atoms with van der Waals surface area (Å²) < 4.78 is 13.1. The van der Waals surface area contributed by atoms with E-state index in [1.807, 2.05) is 12.1 Å². The van der Waals surface area contributed by atoms with Crippen molar-refractivity contribution in [1.82, 2.24) is 0 Å². The van der Waals surface area contributed by atoms with Crippen LogP contribution in [0.3, 0.4) is 0 Å². The molecule has 0 aromatic rings. The predicted octanol–water partition coefficient (Wildman–Crippen LogP) is 2.99. The molecule has 0 aromatic carbocycles. The second-order valence-electron chi connectivity index (χ2n) is 3.78. The third-order valence-electron chi connectivity index (χ3n) is 1.83. The molecule has 0 heterocycles. The highest BCUT2D eigenvalue weighted by Gasteiger charge is 2.19. The zero-order valence-corrected chi connectivity index (χ0v) is 9.18. The van der Waals surface area contributed by atoms with Gasteiger partial charge in [-0.05, 0) is 25.6 Å². The molecule has 0 amide bonds. The van der Waals surface area contributed by atoms with E-state index in [-0.39, 0.29) is 0 Å². The van der Waals surface area contributed by atoms with Crippen LogP contribution in [0.25, 0.3) is 0 Å². The van der Waals surface area contributed by atoms with Crippen molar-refractivity contribution in [3.63, 3.8) is 0 Å². The van der Waals surface area contributed by atoms with E-state index in [4.69, 9.17) is 10.5 Å². The quantitative estimate of drug-likeness (QED) is 0.387. The Hall–Kier alpha value is -0.873. The van der Waals surface area contributed by atoms with Gasteiger partial charge in [0.2, 0.25) is 8.41 Å². The van der Waals surface area contributed by atoms with Crippen molar-refractivity contribution in [3.05, 3.63) is 0 Å². The molecule has 0 radical (unpaired) electrons. The average Bonchev–Trinajstić information content (AvgIpc) is 2.03. The van der Waals surface area contributed by atoms with E-state index >= 15 is 0 Å². The number of nitrogens with zero attached hydrogens (tertiary/aromatic N) is 2. The van der Waals surface area contributed by atoms with Crippen molar-refractivity contribution >= 4 is 8.41 Å². The van der Waals surface area contributed by atoms with E-state index in [0.29, 0.717) is 12.5 Å². The van der Waals surface area contributed by atoms with Crippen LogP contribution in [0.4, 0.5) is 4.11 Å². The highest BCUT2D eigenvalue weighted by atomic mass is 28.4. The highest BCUT2D eigenvalue weighted by Crippen LogP contribution is 2.17. The van der Waals surface area contributed by atoms with Crippen molar-refractivity contribution in [2.24, 2.45) is 5.92 Å². The van der Waals surface area contributed by atoms with E-state index in [1.165, 1.54) is 0 Å². The first-order chi connectivity index (χ1) is 5.99. The molecule has 0 atom stereocenters. The Bertz CT molecular complexity index is 207. The molecule has 13 heavy (non-hydrogen) atoms. The lowest BCUT2D eigenvalue weighted by molar-refractivity contribution is 0.642. The summed E-state index contributed by atoms with van der Waals surface area (Å²) >= 11 is 0. The predicted molar refractivity (Wildman–Crippen MR) is 52.0 cm³/mol. The summed E-state index contributed by atoms with van der Waals surface area (Å²) in [6.45, 7) is 3.36. The average molecular weight is 198 g/mol. The van der Waals surface area contributed by atoms with Gasteiger partial charge in [0.1, 0.15) is 5.92 Å². The lowest BCUT2D eigenvalue weighted by Gasteiger charge is -2.09. The molecule has 72 valence electrons. The maximum atomic E-state index is 13.1. The number of halogens is 1. The van der Waals surface area contributed by atoms with E-state index in [9.17, 15) is 4.11 Å². The van der Waals surface area contributed by atoms with Crippen LogP contribution in [0.5, 0.6) is 0 Å². The largest absolute Gasteiger partial charge is 0.314 e. The van der Waals surface area contributed by atoms with E-state index < -0.39 is 14.3 Å². The monoisotopic (exact) mass is 198 g/mol. The molecule has 0 aromatic heterocycles. The van der Waals surface area contributed by atoms with Crippen LogP contribution in [0.2, 0.25) is 19.1 Å². The van der Waals surface area contributed by atoms with Gasteiger partial charge in [-0.3, -0.25) is 0 Å². The molecule has 0 aliphatic heterocycles. The standard InChI is InChI=1S/C9H15FN2Si/c1-13(2,10)6-4-3-5-9(7-11)8-12/h9H,3-6H2,1-2H3. The molecule has 0 spiro atoms. The molecule has 0 aliphatic rings. The lowest BCUT2D eigenvalue weighted by atomic mass is 10.1. The molecule has 0 aliphatic carbocycles. The van der Waals surface area contributed by atoms with Gasteiger partial charge in [-0.1, -0.05) is 12.8 Å². The Kier molecular flexibility index (Phi) is 5.33. The first-order valence-corrected chi connectivity index (χ1v) is 7.56. The minimum Gasteiger partial charge on any atom is -0.314 e. The molecule has 0 unspecified atom stereocenters. The SMILES string of the molecule is C[Si](C)(F)CCCCC(C#N)C#N. The summed E-state index contributed by atoms with van der Waals surface area (Å²) in [4.78, 5) is 0. The molecule has 0 fully saturated rings. The Balaban J connectivity index is 3.49. The van der Waals surface area contributed by atoms with Gasteiger partial charge in [0.15, 0.2) is 0 Å². The van der Waals surface area contributed by atoms with Crippen LogP contribution in [-0.2, 0) is 0 Å². The maximum Gasteiger partial charge on any atom is 0.240 e. The van der Waals surface area contributed by atoms with Crippen molar-refractivity contribution in [1.29, 1.82) is 10.5 Å². The Morgan fingerprint density at radius 2 is 1.77 bits per heavy atom. The number of rotatable bonds is 5. The van der Waals surface area contributed by atoms with Crippen LogP contribution < -0.4 is 0 Å². The van der Waals surface area contributed by atoms with E-state index in [0.717, 1.165) is 12.8 Å². The van der Waals surface area contributed by atoms with Crippen LogP contribution in [0.1, 0.15) is 19.3 Å². The second kappa shape index (κ2) is 5.72. The van der Waals surface area contributed by atoms with Gasteiger partial charge in [-0.25, -0.2) is 0 Å². The molecule has 2 nitrogen and oxygen atoms in total. The van der Waals surface area contributed by atoms with Crippen molar-refractivity contribution in [2.45, 2.75) is 38.4 Å². The third-order valence-corrected chi connectivity index (χ3v) is 3.37. The molecular formula is C9H15FN2Si. The number of unbranched alkanes of at least 4 members (excludes halogenated alkanes) is 1. The highest BCUT2D eigenvalue weighted by molar-refractivity contribution is 6.70. The first kappa shape index (κ1) is 12.1. The molecule has 0 rings (SSSR count). The molecule has 0 N–H and O–H groups in total. The number of hydrogen-bond donors (Lipinski definition) is 0. The van der Waals surface area contributed by atoms with Crippen LogP contribution in [-0.4, -0.2) is 8.41 Å². The summed E-state index contributed by atoms with van der Waals surface area (Å²) in [6, 6.07) is 4.45. The molecular weight excluding hydrogens is 183 g/mol. The van der Waals surface area contributed by atoms with Crippen LogP contribution in [0.15, 0.2) is 0 Å². The smallest absolute Gasteiger partial charge is 0.240 e. The third kappa shape index (κ3) is 7.49. The lowest BCUT2D eigenvalue weighted by Crippen LogP contribution is -2.16. The molecule has 0 saturated carbocycles. The van der Waals surface area contributed by atoms with E-state index in [2.05, 4.69) is 0 Å². The minimum atomic E-state index is -2.42. The van der Waals surface area contributed by atoms with Gasteiger partial charge in [-0.2, -0.15) is 10.5 Å². The molecule has 4 heteroatoms. The number of nitriles is 2. The zero-order valence-electron chi connectivity index (χ0n) is 8.18. The number of hydrogen-bond acceptors (Lipinski definition) is 2. The van der Waals surface area contributed by atoms with Crippen molar-refractivity contribution < 1.29 is 4.11 Å². The van der Waals surface area contributed by atoms with E-state index in [1.54, 1.807) is 13.1 Å². The Morgan fingerprint density at radius 1 is 1.23 bits per heavy atom. The minimum absolute atomic E-state index is 0.510. The van der Waals surface area contributed by atoms with Crippen molar-refractivity contribution in [2.75, 3.05) is 0 Å². The van der Waals surface area contributed by atoms with Gasteiger partial charge in [-0.15, -0.1) is 0 Å². The van der Waals surface area contributed by atoms with Gasteiger partial charge >= 0.3 is 0 Å². The Morgan fingerprint density at radius 3 is 2.15 bits per heavy atom. The van der Waals surface area contributed by atoms with Gasteiger partial charge < -0.3 is 4.11 Å².